The fourth-order valence-electron chi connectivity index (χ4n) is 0.701. The van der Waals surface area contributed by atoms with Gasteiger partial charge < -0.3 is 0 Å². The molecule has 1 aromatic rings. The van der Waals surface area contributed by atoms with Gasteiger partial charge in [0, 0.05) is 6.26 Å². The molecule has 0 aliphatic rings. The number of thiol groups is 1. The molecular formula is C7H7N3O2S2. The van der Waals surface area contributed by atoms with Crippen molar-refractivity contribution in [3.05, 3.63) is 23.8 Å². The minimum absolute atomic E-state index is 0.119. The van der Waals surface area contributed by atoms with E-state index in [2.05, 4.69) is 27.3 Å². The van der Waals surface area contributed by atoms with E-state index >= 15 is 0 Å². The summed E-state index contributed by atoms with van der Waals surface area (Å²) in [5, 5.41) is -0.477. The van der Waals surface area contributed by atoms with Crippen LogP contribution in [-0.4, -0.2) is 27.2 Å². The van der Waals surface area contributed by atoms with Crippen molar-refractivity contribution in [1.82, 2.24) is 14.7 Å². The number of nitrogens with one attached hydrogen (secondary N) is 1. The molecular weight excluding hydrogens is 222 g/mol. The van der Waals surface area contributed by atoms with Crippen LogP contribution in [0.1, 0.15) is 21.0 Å². The van der Waals surface area contributed by atoms with Gasteiger partial charge in [-0.3, -0.25) is 14.3 Å². The second kappa shape index (κ2) is 4.97. The fourth-order valence-corrected chi connectivity index (χ4v) is 1.11. The van der Waals surface area contributed by atoms with Crippen LogP contribution in [0.25, 0.3) is 0 Å². The largest absolute Gasteiger partial charge is 0.295 e. The van der Waals surface area contributed by atoms with Crippen molar-refractivity contribution >= 4 is 35.6 Å². The van der Waals surface area contributed by atoms with Crippen molar-refractivity contribution in [2.75, 3.05) is 6.26 Å². The lowest BCUT2D eigenvalue weighted by atomic mass is 10.4. The average molecular weight is 229 g/mol. The third-order valence-corrected chi connectivity index (χ3v) is 1.92. The van der Waals surface area contributed by atoms with Crippen LogP contribution in [0.4, 0.5) is 0 Å². The Balaban J connectivity index is 2.83. The summed E-state index contributed by atoms with van der Waals surface area (Å²) in [6.45, 7) is 0. The third-order valence-electron chi connectivity index (χ3n) is 1.30. The normalized spacial score (nSPS) is 9.57. The number of hydrogen-bond donors (Lipinski definition) is 2. The maximum atomic E-state index is 11.2. The number of carbonyl (C=O) groups is 2. The van der Waals surface area contributed by atoms with E-state index in [9.17, 15) is 9.59 Å². The first kappa shape index (κ1) is 11.0. The molecule has 0 aliphatic heterocycles. The number of rotatable bonds is 3. The highest BCUT2D eigenvalue weighted by Gasteiger charge is 2.08. The van der Waals surface area contributed by atoms with Gasteiger partial charge in [0.05, 0.1) is 12.4 Å². The lowest BCUT2D eigenvalue weighted by Crippen LogP contribution is -2.17. The Morgan fingerprint density at radius 2 is 1.93 bits per heavy atom. The average Bonchev–Trinajstić information content (AvgIpc) is 2.18. The maximum Gasteiger partial charge on any atom is 0.281 e. The van der Waals surface area contributed by atoms with Crippen LogP contribution in [0.5, 0.6) is 0 Å². The molecule has 0 atom stereocenters. The maximum absolute atomic E-state index is 11.2. The van der Waals surface area contributed by atoms with Crippen molar-refractivity contribution < 1.29 is 9.59 Å². The number of carbonyl (C=O) groups excluding carboxylic acids is 2. The molecule has 1 aromatic heterocycles. The summed E-state index contributed by atoms with van der Waals surface area (Å²) in [6.07, 6.45) is 4.16. The zero-order valence-corrected chi connectivity index (χ0v) is 8.93. The van der Waals surface area contributed by atoms with Crippen LogP contribution in [0.2, 0.25) is 0 Å². The number of aromatic nitrogens is 2. The molecule has 1 rings (SSSR count). The number of hydrogen-bond acceptors (Lipinski definition) is 5. The Morgan fingerprint density at radius 3 is 2.36 bits per heavy atom. The minimum atomic E-state index is -0.477. The van der Waals surface area contributed by atoms with E-state index in [1.165, 1.54) is 24.3 Å². The zero-order valence-electron chi connectivity index (χ0n) is 7.22. The molecule has 0 aromatic carbocycles. The van der Waals surface area contributed by atoms with Gasteiger partial charge in [-0.05, 0) is 0 Å². The molecule has 0 aliphatic carbocycles. The lowest BCUT2D eigenvalue weighted by Gasteiger charge is -1.99. The Bertz CT molecular complexity index is 352. The molecule has 0 saturated carbocycles. The Labute approximate surface area is 90.3 Å². The molecule has 74 valence electrons. The van der Waals surface area contributed by atoms with Crippen LogP contribution in [0.3, 0.4) is 0 Å². The lowest BCUT2D eigenvalue weighted by molar-refractivity contribution is 0.0977. The van der Waals surface area contributed by atoms with E-state index in [0.29, 0.717) is 0 Å². The van der Waals surface area contributed by atoms with Crippen molar-refractivity contribution in [3.63, 3.8) is 0 Å². The van der Waals surface area contributed by atoms with E-state index in [0.717, 1.165) is 0 Å². The smallest absolute Gasteiger partial charge is 0.281 e. The molecule has 1 amide bonds. The Kier molecular flexibility index (Phi) is 3.90. The molecule has 0 radical (unpaired) electrons. The summed E-state index contributed by atoms with van der Waals surface area (Å²) in [5.41, 5.74) is 0.284. The van der Waals surface area contributed by atoms with E-state index in [1.807, 2.05) is 0 Å². The number of nitrogens with zero attached hydrogens (tertiary/aromatic N) is 2. The SMILES string of the molecule is CSNC(=O)c1cnc(C(=O)S)cn1. The summed E-state index contributed by atoms with van der Waals surface area (Å²) in [7, 11) is 0. The minimum Gasteiger partial charge on any atom is -0.295 e. The molecule has 5 nitrogen and oxygen atoms in total. The standard InChI is InChI=1S/C7H7N3O2S2/c1-14-10-6(11)4-2-9-5(3-8-4)7(12)13/h2-3H,1H3,(H,10,11)(H,12,13). The quantitative estimate of drug-likeness (QED) is 0.585. The van der Waals surface area contributed by atoms with Crippen molar-refractivity contribution in [2.45, 2.75) is 0 Å². The van der Waals surface area contributed by atoms with Gasteiger partial charge in [-0.2, -0.15) is 0 Å². The van der Waals surface area contributed by atoms with E-state index < -0.39 is 5.12 Å². The molecule has 0 bridgehead atoms. The molecule has 0 unspecified atom stereocenters. The summed E-state index contributed by atoms with van der Waals surface area (Å²) in [5.74, 6) is -0.344. The zero-order chi connectivity index (χ0) is 10.6. The summed E-state index contributed by atoms with van der Waals surface area (Å²) in [6, 6.07) is 0. The van der Waals surface area contributed by atoms with E-state index in [1.54, 1.807) is 6.26 Å². The van der Waals surface area contributed by atoms with Crippen LogP contribution in [0, 0.1) is 0 Å². The second-order valence-electron chi connectivity index (χ2n) is 2.23. The monoisotopic (exact) mass is 229 g/mol. The van der Waals surface area contributed by atoms with Crippen LogP contribution >= 0.6 is 24.6 Å². The molecule has 0 spiro atoms. The Hall–Kier alpha value is -1.08. The van der Waals surface area contributed by atoms with Crippen LogP contribution < -0.4 is 4.72 Å². The van der Waals surface area contributed by atoms with Gasteiger partial charge in [0.2, 0.25) is 5.12 Å². The first-order valence-electron chi connectivity index (χ1n) is 3.54. The third kappa shape index (κ3) is 2.71. The summed E-state index contributed by atoms with van der Waals surface area (Å²) in [4.78, 5) is 29.4. The highest BCUT2D eigenvalue weighted by Crippen LogP contribution is 2.00. The first-order chi connectivity index (χ1) is 6.65. The molecule has 0 saturated heterocycles. The summed E-state index contributed by atoms with van der Waals surface area (Å²) < 4.78 is 2.48. The predicted octanol–water partition coefficient (Wildman–Crippen LogP) is 0.554. The topological polar surface area (TPSA) is 72.0 Å². The van der Waals surface area contributed by atoms with Gasteiger partial charge in [-0.15, -0.1) is 0 Å². The van der Waals surface area contributed by atoms with Crippen LogP contribution in [0.15, 0.2) is 12.4 Å². The van der Waals surface area contributed by atoms with Crippen molar-refractivity contribution in [2.24, 2.45) is 0 Å². The van der Waals surface area contributed by atoms with Crippen molar-refractivity contribution in [3.8, 4) is 0 Å². The van der Waals surface area contributed by atoms with Gasteiger partial charge in [0.1, 0.15) is 11.4 Å². The highest BCUT2D eigenvalue weighted by molar-refractivity contribution is 7.97. The van der Waals surface area contributed by atoms with Gasteiger partial charge in [-0.1, -0.05) is 24.6 Å². The van der Waals surface area contributed by atoms with Gasteiger partial charge >= 0.3 is 0 Å². The molecule has 7 heteroatoms. The summed E-state index contributed by atoms with van der Waals surface area (Å²) >= 11 is 4.73. The molecule has 1 N–H and O–H groups in total. The highest BCUT2D eigenvalue weighted by atomic mass is 32.2. The predicted molar refractivity (Wildman–Crippen MR) is 56.3 cm³/mol. The van der Waals surface area contributed by atoms with Crippen molar-refractivity contribution in [1.29, 1.82) is 0 Å². The molecule has 1 heterocycles. The van der Waals surface area contributed by atoms with Gasteiger partial charge in [0.15, 0.2) is 0 Å². The molecule has 0 fully saturated rings. The first-order valence-corrected chi connectivity index (χ1v) is 5.21. The molecule has 14 heavy (non-hydrogen) atoms. The number of amides is 1. The van der Waals surface area contributed by atoms with Gasteiger partial charge in [0.25, 0.3) is 5.91 Å². The van der Waals surface area contributed by atoms with E-state index in [4.69, 9.17) is 0 Å². The van der Waals surface area contributed by atoms with Crippen LogP contribution in [-0.2, 0) is 0 Å². The fraction of sp³-hybridized carbons (Fsp3) is 0.143. The Morgan fingerprint density at radius 1 is 1.36 bits per heavy atom. The van der Waals surface area contributed by atoms with E-state index in [-0.39, 0.29) is 17.3 Å². The van der Waals surface area contributed by atoms with Gasteiger partial charge in [-0.25, -0.2) is 9.97 Å². The second-order valence-corrected chi connectivity index (χ2v) is 3.25.